The summed E-state index contributed by atoms with van der Waals surface area (Å²) in [6, 6.07) is 3.62. The van der Waals surface area contributed by atoms with Gasteiger partial charge in [0.2, 0.25) is 0 Å². The van der Waals surface area contributed by atoms with E-state index in [1.807, 2.05) is 6.07 Å². The van der Waals surface area contributed by atoms with Gasteiger partial charge in [0.1, 0.15) is 0 Å². The molecule has 1 atom stereocenters. The molecule has 1 aromatic heterocycles. The van der Waals surface area contributed by atoms with Crippen molar-refractivity contribution in [3.8, 4) is 0 Å². The monoisotopic (exact) mass is 243 g/mol. The van der Waals surface area contributed by atoms with Gasteiger partial charge >= 0.3 is 11.9 Å². The van der Waals surface area contributed by atoms with Gasteiger partial charge in [0.25, 0.3) is 0 Å². The molecule has 0 spiro atoms. The minimum absolute atomic E-state index is 0.0772. The largest absolute Gasteiger partial charge is 0.481 e. The van der Waals surface area contributed by atoms with E-state index in [1.54, 1.807) is 18.5 Å². The zero-order valence-corrected chi connectivity index (χ0v) is 8.85. The van der Waals surface area contributed by atoms with Gasteiger partial charge in [0.05, 0.1) is 13.0 Å². The molecule has 0 aromatic carbocycles. The molecular formula is C10H13NO6. The van der Waals surface area contributed by atoms with Gasteiger partial charge in [0.15, 0.2) is 6.10 Å². The van der Waals surface area contributed by atoms with E-state index in [0.29, 0.717) is 0 Å². The number of carboxylic acids is 2. The number of hydrogen-bond donors (Lipinski definition) is 4. The first-order valence-corrected chi connectivity index (χ1v) is 4.59. The predicted octanol–water partition coefficient (Wildman–Crippen LogP) is -0.520. The first-order valence-electron chi connectivity index (χ1n) is 4.59. The molecule has 0 radical (unpaired) electrons. The first kappa shape index (κ1) is 15.0. The Bertz CT molecular complexity index is 353. The second-order valence-electron chi connectivity index (χ2n) is 2.97. The highest BCUT2D eigenvalue weighted by Gasteiger charge is 2.16. The van der Waals surface area contributed by atoms with E-state index in [2.05, 4.69) is 4.98 Å². The minimum Gasteiger partial charge on any atom is -0.481 e. The maximum absolute atomic E-state index is 9.72. The van der Waals surface area contributed by atoms with E-state index in [1.165, 1.54) is 0 Å². The van der Waals surface area contributed by atoms with Crippen molar-refractivity contribution in [2.45, 2.75) is 19.1 Å². The summed E-state index contributed by atoms with van der Waals surface area (Å²) in [7, 11) is 0. The highest BCUT2D eigenvalue weighted by molar-refractivity contribution is 5.79. The summed E-state index contributed by atoms with van der Waals surface area (Å²) in [5.41, 5.74) is 0.854. The van der Waals surface area contributed by atoms with Gasteiger partial charge < -0.3 is 20.4 Å². The molecule has 7 heteroatoms. The van der Waals surface area contributed by atoms with Gasteiger partial charge in [-0.1, -0.05) is 6.07 Å². The number of carboxylic acid groups (broad SMARTS) is 2. The van der Waals surface area contributed by atoms with Gasteiger partial charge in [-0.15, -0.1) is 0 Å². The highest BCUT2D eigenvalue weighted by Crippen LogP contribution is 1.92. The van der Waals surface area contributed by atoms with Gasteiger partial charge in [-0.3, -0.25) is 9.78 Å². The van der Waals surface area contributed by atoms with Crippen LogP contribution in [0, 0.1) is 0 Å². The highest BCUT2D eigenvalue weighted by atomic mass is 16.4. The molecule has 0 aliphatic heterocycles. The van der Waals surface area contributed by atoms with Crippen LogP contribution in [0.1, 0.15) is 12.0 Å². The molecule has 0 aliphatic carbocycles. The van der Waals surface area contributed by atoms with Crippen molar-refractivity contribution in [2.24, 2.45) is 0 Å². The Morgan fingerprint density at radius 2 is 2.00 bits per heavy atom. The molecule has 1 heterocycles. The summed E-state index contributed by atoms with van der Waals surface area (Å²) in [5, 5.41) is 32.6. The lowest BCUT2D eigenvalue weighted by molar-refractivity contribution is -0.152. The number of aliphatic hydroxyl groups is 2. The quantitative estimate of drug-likeness (QED) is 0.560. The summed E-state index contributed by atoms with van der Waals surface area (Å²) in [5.74, 6) is -2.85. The molecule has 0 aliphatic rings. The van der Waals surface area contributed by atoms with E-state index in [4.69, 9.17) is 20.4 Å². The molecule has 0 bridgehead atoms. The van der Waals surface area contributed by atoms with Crippen molar-refractivity contribution in [1.82, 2.24) is 4.98 Å². The van der Waals surface area contributed by atoms with Crippen LogP contribution in [0.25, 0.3) is 0 Å². The van der Waals surface area contributed by atoms with Crippen LogP contribution in [0.3, 0.4) is 0 Å². The molecule has 0 amide bonds. The number of carbonyl (C=O) groups is 2. The molecule has 1 unspecified atom stereocenters. The standard InChI is InChI=1S/C6H7NO.C4H6O5/c8-5-6-2-1-3-7-4-6;5-2(4(8)9)1-3(6)7/h1-4,8H,5H2;2,5H,1H2,(H,6,7)(H,8,9). The van der Waals surface area contributed by atoms with Crippen LogP contribution < -0.4 is 0 Å². The zero-order valence-electron chi connectivity index (χ0n) is 8.85. The minimum atomic E-state index is -1.79. The molecular weight excluding hydrogens is 230 g/mol. The SMILES string of the molecule is O=C(O)CC(O)C(=O)O.OCc1cccnc1. The third-order valence-electron chi connectivity index (χ3n) is 1.56. The van der Waals surface area contributed by atoms with E-state index < -0.39 is 24.5 Å². The summed E-state index contributed by atoms with van der Waals surface area (Å²) in [6.07, 6.45) is 0.775. The molecule has 94 valence electrons. The molecule has 7 nitrogen and oxygen atoms in total. The molecule has 0 fully saturated rings. The van der Waals surface area contributed by atoms with Crippen molar-refractivity contribution < 1.29 is 30.0 Å². The Labute approximate surface area is 97.0 Å². The number of pyridine rings is 1. The van der Waals surface area contributed by atoms with Crippen LogP contribution in [0.15, 0.2) is 24.5 Å². The molecule has 17 heavy (non-hydrogen) atoms. The van der Waals surface area contributed by atoms with Crippen LogP contribution in [0.4, 0.5) is 0 Å². The van der Waals surface area contributed by atoms with Gasteiger partial charge in [-0.05, 0) is 11.6 Å². The lowest BCUT2D eigenvalue weighted by Crippen LogP contribution is -2.22. The fraction of sp³-hybridized carbons (Fsp3) is 0.300. The zero-order chi connectivity index (χ0) is 13.3. The van der Waals surface area contributed by atoms with Crippen molar-refractivity contribution in [3.63, 3.8) is 0 Å². The topological polar surface area (TPSA) is 128 Å². The second-order valence-corrected chi connectivity index (χ2v) is 2.97. The molecule has 4 N–H and O–H groups in total. The Morgan fingerprint density at radius 1 is 1.35 bits per heavy atom. The van der Waals surface area contributed by atoms with Crippen molar-refractivity contribution in [2.75, 3.05) is 0 Å². The Hall–Kier alpha value is -1.99. The first-order chi connectivity index (χ1) is 7.97. The van der Waals surface area contributed by atoms with E-state index in [9.17, 15) is 9.59 Å². The summed E-state index contributed by atoms with van der Waals surface area (Å²) >= 11 is 0. The van der Waals surface area contributed by atoms with Crippen molar-refractivity contribution >= 4 is 11.9 Å². The van der Waals surface area contributed by atoms with Crippen LogP contribution in [-0.2, 0) is 16.2 Å². The molecule has 1 aromatic rings. The smallest absolute Gasteiger partial charge is 0.333 e. The number of aliphatic hydroxyl groups excluding tert-OH is 2. The van der Waals surface area contributed by atoms with E-state index >= 15 is 0 Å². The number of aliphatic carboxylic acids is 2. The van der Waals surface area contributed by atoms with Gasteiger partial charge in [-0.25, -0.2) is 4.79 Å². The number of aromatic nitrogens is 1. The van der Waals surface area contributed by atoms with Crippen LogP contribution in [0.2, 0.25) is 0 Å². The lowest BCUT2D eigenvalue weighted by atomic mass is 10.3. The number of hydrogen-bond acceptors (Lipinski definition) is 5. The Balaban J connectivity index is 0.000000302. The summed E-state index contributed by atoms with van der Waals surface area (Å²) in [4.78, 5) is 23.2. The molecule has 1 rings (SSSR count). The summed E-state index contributed by atoms with van der Waals surface area (Å²) < 4.78 is 0. The fourth-order valence-electron chi connectivity index (χ4n) is 0.744. The average Bonchev–Trinajstić information content (AvgIpc) is 2.30. The average molecular weight is 243 g/mol. The third kappa shape index (κ3) is 7.88. The van der Waals surface area contributed by atoms with Crippen molar-refractivity contribution in [3.05, 3.63) is 30.1 Å². The van der Waals surface area contributed by atoms with Crippen LogP contribution >= 0.6 is 0 Å². The maximum Gasteiger partial charge on any atom is 0.333 e. The third-order valence-corrected chi connectivity index (χ3v) is 1.56. The van der Waals surface area contributed by atoms with Gasteiger partial charge in [0, 0.05) is 12.4 Å². The predicted molar refractivity (Wildman–Crippen MR) is 56.1 cm³/mol. The van der Waals surface area contributed by atoms with E-state index in [0.717, 1.165) is 5.56 Å². The molecule has 0 saturated heterocycles. The van der Waals surface area contributed by atoms with Crippen molar-refractivity contribution in [1.29, 1.82) is 0 Å². The van der Waals surface area contributed by atoms with Crippen LogP contribution in [0.5, 0.6) is 0 Å². The summed E-state index contributed by atoms with van der Waals surface area (Å²) in [6.45, 7) is 0.0772. The van der Waals surface area contributed by atoms with Crippen LogP contribution in [-0.4, -0.2) is 43.5 Å². The van der Waals surface area contributed by atoms with E-state index in [-0.39, 0.29) is 6.61 Å². The Kier molecular flexibility index (Phi) is 7.24. The maximum atomic E-state index is 9.72. The lowest BCUT2D eigenvalue weighted by Gasteiger charge is -1.97. The number of nitrogens with zero attached hydrogens (tertiary/aromatic N) is 1. The normalized spacial score (nSPS) is 10.9. The number of rotatable bonds is 4. The molecule has 0 saturated carbocycles. The second kappa shape index (κ2) is 8.20. The fourth-order valence-corrected chi connectivity index (χ4v) is 0.744. The van der Waals surface area contributed by atoms with Gasteiger partial charge in [-0.2, -0.15) is 0 Å². The Morgan fingerprint density at radius 3 is 2.24 bits per heavy atom.